The largest absolute Gasteiger partial charge is 0.389 e. The Kier molecular flexibility index (Phi) is 3.66. The number of likely N-dealkylation sites (tertiary alicyclic amines) is 1. The first kappa shape index (κ1) is 12.7. The Labute approximate surface area is 104 Å². The molecular formula is C12H14ClF2NO. The van der Waals surface area contributed by atoms with Gasteiger partial charge in [-0.15, -0.1) is 0 Å². The Morgan fingerprint density at radius 3 is 2.76 bits per heavy atom. The van der Waals surface area contributed by atoms with Gasteiger partial charge in [0.25, 0.3) is 0 Å². The zero-order valence-electron chi connectivity index (χ0n) is 9.46. The number of aliphatic hydroxyl groups excluding tert-OH is 1. The molecule has 0 saturated carbocycles. The first-order chi connectivity index (χ1) is 7.99. The van der Waals surface area contributed by atoms with Gasteiger partial charge in [-0.3, -0.25) is 4.90 Å². The summed E-state index contributed by atoms with van der Waals surface area (Å²) in [5.41, 5.74) is 0.883. The topological polar surface area (TPSA) is 23.5 Å². The fourth-order valence-corrected chi connectivity index (χ4v) is 2.24. The van der Waals surface area contributed by atoms with Crippen molar-refractivity contribution in [3.63, 3.8) is 0 Å². The number of rotatable bonds is 2. The maximum absolute atomic E-state index is 13.8. The zero-order chi connectivity index (χ0) is 12.6. The highest BCUT2D eigenvalue weighted by Gasteiger charge is 2.31. The van der Waals surface area contributed by atoms with Crippen LogP contribution < -0.4 is 0 Å². The summed E-state index contributed by atoms with van der Waals surface area (Å²) in [5, 5.41) is 9.63. The molecule has 1 N–H and O–H groups in total. The number of halogens is 3. The van der Waals surface area contributed by atoms with Crippen LogP contribution in [0, 0.1) is 12.7 Å². The third-order valence-electron chi connectivity index (χ3n) is 3.06. The van der Waals surface area contributed by atoms with Crippen molar-refractivity contribution < 1.29 is 13.9 Å². The van der Waals surface area contributed by atoms with Crippen molar-refractivity contribution in [3.8, 4) is 0 Å². The Hall–Kier alpha value is -0.710. The first-order valence-corrected chi connectivity index (χ1v) is 5.85. The van der Waals surface area contributed by atoms with Crippen molar-refractivity contribution in [3.05, 3.63) is 34.1 Å². The number of benzene rings is 1. The van der Waals surface area contributed by atoms with Gasteiger partial charge in [0.15, 0.2) is 0 Å². The van der Waals surface area contributed by atoms with E-state index in [4.69, 9.17) is 11.6 Å². The molecule has 0 radical (unpaired) electrons. The number of β-amino-alcohol motifs (C(OH)–C–C–N with tert-alkyl or cyclic N) is 1. The van der Waals surface area contributed by atoms with E-state index in [9.17, 15) is 13.9 Å². The van der Waals surface area contributed by atoms with Crippen LogP contribution >= 0.6 is 11.6 Å². The van der Waals surface area contributed by atoms with Crippen LogP contribution in [-0.4, -0.2) is 35.4 Å². The molecule has 1 heterocycles. The second-order valence-corrected chi connectivity index (χ2v) is 4.84. The summed E-state index contributed by atoms with van der Waals surface area (Å²) in [7, 11) is 0. The van der Waals surface area contributed by atoms with Gasteiger partial charge < -0.3 is 5.11 Å². The normalized spacial score (nSPS) is 25.5. The Morgan fingerprint density at radius 2 is 2.18 bits per heavy atom. The smallest absolute Gasteiger partial charge is 0.140 e. The second-order valence-electron chi connectivity index (χ2n) is 4.43. The van der Waals surface area contributed by atoms with Crippen LogP contribution in [0.4, 0.5) is 8.78 Å². The number of nitrogens with zero attached hydrogens (tertiary/aromatic N) is 1. The lowest BCUT2D eigenvalue weighted by atomic mass is 10.1. The Morgan fingerprint density at radius 1 is 1.47 bits per heavy atom. The highest BCUT2D eigenvalue weighted by molar-refractivity contribution is 6.31. The number of alkyl halides is 1. The molecule has 2 rings (SSSR count). The van der Waals surface area contributed by atoms with Gasteiger partial charge in [-0.25, -0.2) is 8.78 Å². The molecule has 0 aliphatic carbocycles. The fourth-order valence-electron chi connectivity index (χ4n) is 2.03. The van der Waals surface area contributed by atoms with Gasteiger partial charge in [0.1, 0.15) is 12.0 Å². The van der Waals surface area contributed by atoms with E-state index in [0.29, 0.717) is 16.1 Å². The minimum Gasteiger partial charge on any atom is -0.389 e. The molecule has 1 aromatic rings. The van der Waals surface area contributed by atoms with Gasteiger partial charge in [0, 0.05) is 30.2 Å². The van der Waals surface area contributed by atoms with E-state index in [1.807, 2.05) is 0 Å². The molecule has 0 amide bonds. The molecule has 1 saturated heterocycles. The molecule has 2 atom stereocenters. The monoisotopic (exact) mass is 261 g/mol. The molecule has 5 heteroatoms. The van der Waals surface area contributed by atoms with E-state index in [1.165, 1.54) is 0 Å². The highest BCUT2D eigenvalue weighted by Crippen LogP contribution is 2.25. The molecule has 17 heavy (non-hydrogen) atoms. The third-order valence-corrected chi connectivity index (χ3v) is 3.41. The maximum atomic E-state index is 13.8. The summed E-state index contributed by atoms with van der Waals surface area (Å²) in [4.78, 5) is 1.67. The molecule has 94 valence electrons. The molecule has 0 unspecified atom stereocenters. The molecule has 2 nitrogen and oxygen atoms in total. The summed E-state index contributed by atoms with van der Waals surface area (Å²) in [6, 6.07) is 3.24. The first-order valence-electron chi connectivity index (χ1n) is 5.47. The van der Waals surface area contributed by atoms with Crippen LogP contribution in [0.15, 0.2) is 12.1 Å². The van der Waals surface area contributed by atoms with Gasteiger partial charge >= 0.3 is 0 Å². The van der Waals surface area contributed by atoms with Crippen molar-refractivity contribution in [2.75, 3.05) is 13.1 Å². The number of aryl methyl sites for hydroxylation is 1. The Balaban J connectivity index is 2.17. The molecule has 1 aromatic carbocycles. The number of aliphatic hydroxyl groups is 1. The summed E-state index contributed by atoms with van der Waals surface area (Å²) < 4.78 is 27.0. The lowest BCUT2D eigenvalue weighted by molar-refractivity contribution is 0.115. The van der Waals surface area contributed by atoms with Gasteiger partial charge in [-0.2, -0.15) is 0 Å². The quantitative estimate of drug-likeness (QED) is 0.883. The van der Waals surface area contributed by atoms with Crippen LogP contribution in [-0.2, 0) is 6.54 Å². The third kappa shape index (κ3) is 2.59. The summed E-state index contributed by atoms with van der Waals surface area (Å²) in [5.74, 6) is -0.353. The average molecular weight is 262 g/mol. The number of hydrogen-bond donors (Lipinski definition) is 1. The van der Waals surface area contributed by atoms with Crippen LogP contribution in [0.25, 0.3) is 0 Å². The van der Waals surface area contributed by atoms with Crippen molar-refractivity contribution in [1.29, 1.82) is 0 Å². The van der Waals surface area contributed by atoms with Gasteiger partial charge in [0.05, 0.1) is 6.10 Å². The molecule has 0 aromatic heterocycles. The minimum absolute atomic E-state index is 0.116. The van der Waals surface area contributed by atoms with Crippen molar-refractivity contribution in [2.24, 2.45) is 0 Å². The second kappa shape index (κ2) is 4.88. The lowest BCUT2D eigenvalue weighted by Crippen LogP contribution is -2.22. The average Bonchev–Trinajstić information content (AvgIpc) is 2.59. The SMILES string of the molecule is Cc1ccc(Cl)c(CN2C[C@@H](O)[C@H](F)C2)c1F. The van der Waals surface area contributed by atoms with Gasteiger partial charge in [0.2, 0.25) is 0 Å². The van der Waals surface area contributed by atoms with E-state index in [0.717, 1.165) is 0 Å². The maximum Gasteiger partial charge on any atom is 0.140 e. The highest BCUT2D eigenvalue weighted by atomic mass is 35.5. The molecule has 1 fully saturated rings. The van der Waals surface area contributed by atoms with Gasteiger partial charge in [-0.05, 0) is 18.6 Å². The molecule has 0 spiro atoms. The van der Waals surface area contributed by atoms with E-state index >= 15 is 0 Å². The summed E-state index contributed by atoms with van der Waals surface area (Å²) in [6.07, 6.45) is -2.25. The van der Waals surface area contributed by atoms with Crippen LogP contribution in [0.3, 0.4) is 0 Å². The number of hydrogen-bond acceptors (Lipinski definition) is 2. The standard InChI is InChI=1S/C12H14ClF2NO/c1-7-2-3-9(13)8(12(7)15)4-16-5-10(14)11(17)6-16/h2-3,10-11,17H,4-6H2,1H3/t10-,11-/m1/s1. The molecule has 1 aliphatic rings. The summed E-state index contributed by atoms with van der Waals surface area (Å²) >= 11 is 5.93. The Bertz CT molecular complexity index is 417. The predicted octanol–water partition coefficient (Wildman–Crippen LogP) is 2.30. The van der Waals surface area contributed by atoms with E-state index in [1.54, 1.807) is 24.0 Å². The van der Waals surface area contributed by atoms with Crippen molar-refractivity contribution in [2.45, 2.75) is 25.7 Å². The lowest BCUT2D eigenvalue weighted by Gasteiger charge is -2.16. The fraction of sp³-hybridized carbons (Fsp3) is 0.500. The predicted molar refractivity (Wildman–Crippen MR) is 62.3 cm³/mol. The van der Waals surface area contributed by atoms with Crippen LogP contribution in [0.2, 0.25) is 5.02 Å². The van der Waals surface area contributed by atoms with E-state index < -0.39 is 12.3 Å². The van der Waals surface area contributed by atoms with E-state index in [-0.39, 0.29) is 25.5 Å². The van der Waals surface area contributed by atoms with Crippen LogP contribution in [0.5, 0.6) is 0 Å². The van der Waals surface area contributed by atoms with Crippen LogP contribution in [0.1, 0.15) is 11.1 Å². The van der Waals surface area contributed by atoms with E-state index in [2.05, 4.69) is 0 Å². The molecular weight excluding hydrogens is 248 g/mol. The van der Waals surface area contributed by atoms with Gasteiger partial charge in [-0.1, -0.05) is 17.7 Å². The zero-order valence-corrected chi connectivity index (χ0v) is 10.2. The molecule has 1 aliphatic heterocycles. The molecule has 0 bridgehead atoms. The van der Waals surface area contributed by atoms with Crippen molar-refractivity contribution >= 4 is 11.6 Å². The summed E-state index contributed by atoms with van der Waals surface area (Å²) in [6.45, 7) is 2.21. The van der Waals surface area contributed by atoms with Crippen molar-refractivity contribution in [1.82, 2.24) is 4.90 Å². The minimum atomic E-state index is -1.26.